The third-order valence-electron chi connectivity index (χ3n) is 6.71. The molecule has 0 bridgehead atoms. The van der Waals surface area contributed by atoms with Crippen molar-refractivity contribution in [3.8, 4) is 11.3 Å². The first kappa shape index (κ1) is 25.3. The molecule has 3 heterocycles. The summed E-state index contributed by atoms with van der Waals surface area (Å²) in [5, 5.41) is 32.0. The molecule has 2 aliphatic rings. The summed E-state index contributed by atoms with van der Waals surface area (Å²) >= 11 is 0. The lowest BCUT2D eigenvalue weighted by molar-refractivity contribution is -0.283. The highest BCUT2D eigenvalue weighted by Crippen LogP contribution is 2.42. The van der Waals surface area contributed by atoms with Crippen molar-refractivity contribution in [2.24, 2.45) is 0 Å². The average Bonchev–Trinajstić information content (AvgIpc) is 3.37. The van der Waals surface area contributed by atoms with Crippen LogP contribution in [-0.4, -0.2) is 61.8 Å². The number of aromatic nitrogens is 3. The molecule has 0 saturated carbocycles. The number of hydrogen-bond donors (Lipinski definition) is 3. The van der Waals surface area contributed by atoms with E-state index in [9.17, 15) is 28.2 Å². The average molecular weight is 518 g/mol. The number of aliphatic hydroxyl groups excluding tert-OH is 2. The fourth-order valence-electron chi connectivity index (χ4n) is 4.95. The molecule has 3 N–H and O–H groups in total. The number of ether oxygens (including phenoxy) is 2. The van der Waals surface area contributed by atoms with E-state index in [2.05, 4.69) is 15.6 Å². The number of aliphatic hydroxyl groups is 2. The van der Waals surface area contributed by atoms with Crippen molar-refractivity contribution >= 4 is 5.91 Å². The molecule has 12 heteroatoms. The number of benzene rings is 2. The molecular weight excluding hydrogens is 493 g/mol. The van der Waals surface area contributed by atoms with Crippen LogP contribution in [0.5, 0.6) is 0 Å². The molecule has 0 radical (unpaired) electrons. The summed E-state index contributed by atoms with van der Waals surface area (Å²) in [4.78, 5) is 12.4. The SMILES string of the molecule is O=C1CCCC2(N1)O[C@H](CO)[C@H](O)[C@H](n1cc(-c3cc(F)c(F)c(F)c3)nn1)[C@H]2OCc1ccccc1. The van der Waals surface area contributed by atoms with Crippen LogP contribution in [0.25, 0.3) is 11.3 Å². The van der Waals surface area contributed by atoms with Gasteiger partial charge in [0.1, 0.15) is 30.0 Å². The molecule has 1 spiro atoms. The summed E-state index contributed by atoms with van der Waals surface area (Å²) in [7, 11) is 0. The van der Waals surface area contributed by atoms with Crippen molar-refractivity contribution in [2.75, 3.05) is 6.61 Å². The fraction of sp³-hybridized carbons (Fsp3) is 0.400. The van der Waals surface area contributed by atoms with Crippen LogP contribution in [0.15, 0.2) is 48.7 Å². The van der Waals surface area contributed by atoms with E-state index in [-0.39, 0.29) is 30.2 Å². The van der Waals surface area contributed by atoms with Gasteiger partial charge in [-0.15, -0.1) is 5.10 Å². The van der Waals surface area contributed by atoms with Gasteiger partial charge in [0, 0.05) is 12.0 Å². The van der Waals surface area contributed by atoms with Crippen molar-refractivity contribution in [1.29, 1.82) is 0 Å². The summed E-state index contributed by atoms with van der Waals surface area (Å²) in [5.74, 6) is -4.65. The zero-order valence-corrected chi connectivity index (χ0v) is 19.6. The number of nitrogens with zero attached hydrogens (tertiary/aromatic N) is 3. The second-order valence-corrected chi connectivity index (χ2v) is 9.17. The Balaban J connectivity index is 1.55. The first-order chi connectivity index (χ1) is 17.8. The maximum atomic E-state index is 13.8. The van der Waals surface area contributed by atoms with E-state index in [1.807, 2.05) is 30.3 Å². The number of piperidine rings is 1. The Kier molecular flexibility index (Phi) is 6.99. The van der Waals surface area contributed by atoms with Gasteiger partial charge in [0.05, 0.1) is 19.4 Å². The Morgan fingerprint density at radius 3 is 2.59 bits per heavy atom. The smallest absolute Gasteiger partial charge is 0.222 e. The predicted molar refractivity (Wildman–Crippen MR) is 122 cm³/mol. The van der Waals surface area contributed by atoms with Crippen LogP contribution in [0.3, 0.4) is 0 Å². The zero-order chi connectivity index (χ0) is 26.2. The standard InChI is InChI=1S/C25H25F3N4O5/c26-16-9-15(10-17(27)21(16)28)18-11-32(31-30-18)22-23(35)19(12-33)37-25(8-4-7-20(34)29-25)24(22)36-13-14-5-2-1-3-6-14/h1-3,5-6,9-11,19,22-24,33,35H,4,7-8,12-13H2,(H,29,34)/t19-,22+,23+,24-,25?/m1/s1. The molecule has 9 nitrogen and oxygen atoms in total. The van der Waals surface area contributed by atoms with Crippen molar-refractivity contribution in [3.05, 3.63) is 71.7 Å². The normalized spacial score (nSPS) is 27.9. The largest absolute Gasteiger partial charge is 0.394 e. The molecule has 37 heavy (non-hydrogen) atoms. The van der Waals surface area contributed by atoms with Crippen LogP contribution >= 0.6 is 0 Å². The number of halogens is 3. The molecular formula is C25H25F3N4O5. The third-order valence-corrected chi connectivity index (χ3v) is 6.71. The van der Waals surface area contributed by atoms with Gasteiger partial charge in [0.25, 0.3) is 0 Å². The summed E-state index contributed by atoms with van der Waals surface area (Å²) in [5.41, 5.74) is -0.610. The van der Waals surface area contributed by atoms with Crippen LogP contribution in [0.1, 0.15) is 30.9 Å². The van der Waals surface area contributed by atoms with Gasteiger partial charge in [-0.05, 0) is 30.5 Å². The molecule has 5 rings (SSSR count). The Bertz CT molecular complexity index is 1250. The Morgan fingerprint density at radius 1 is 1.19 bits per heavy atom. The number of nitrogens with one attached hydrogen (secondary N) is 1. The number of rotatable bonds is 6. The van der Waals surface area contributed by atoms with Crippen LogP contribution in [0.4, 0.5) is 13.2 Å². The number of hydrogen-bond acceptors (Lipinski definition) is 7. The van der Waals surface area contributed by atoms with E-state index in [0.29, 0.717) is 12.8 Å². The minimum atomic E-state index is -1.61. The lowest BCUT2D eigenvalue weighted by atomic mass is 9.83. The highest BCUT2D eigenvalue weighted by Gasteiger charge is 2.57. The van der Waals surface area contributed by atoms with Crippen molar-refractivity contribution < 1.29 is 37.7 Å². The Labute approximate surface area is 209 Å². The van der Waals surface area contributed by atoms with E-state index in [1.165, 1.54) is 10.9 Å². The highest BCUT2D eigenvalue weighted by atomic mass is 19.2. The topological polar surface area (TPSA) is 119 Å². The van der Waals surface area contributed by atoms with Crippen LogP contribution in [0.2, 0.25) is 0 Å². The van der Waals surface area contributed by atoms with Crippen LogP contribution in [-0.2, 0) is 20.9 Å². The highest BCUT2D eigenvalue weighted by molar-refractivity contribution is 5.77. The van der Waals surface area contributed by atoms with Crippen LogP contribution in [0, 0.1) is 17.5 Å². The second kappa shape index (κ2) is 10.2. The fourth-order valence-corrected chi connectivity index (χ4v) is 4.95. The molecule has 1 aromatic heterocycles. The monoisotopic (exact) mass is 518 g/mol. The number of amides is 1. The van der Waals surface area contributed by atoms with E-state index >= 15 is 0 Å². The summed E-state index contributed by atoms with van der Waals surface area (Å²) in [6, 6.07) is 9.79. The lowest BCUT2D eigenvalue weighted by Crippen LogP contribution is -2.71. The summed E-state index contributed by atoms with van der Waals surface area (Å²) in [6.07, 6.45) is -1.02. The lowest BCUT2D eigenvalue weighted by Gasteiger charge is -2.53. The third kappa shape index (κ3) is 4.85. The Morgan fingerprint density at radius 2 is 1.92 bits per heavy atom. The van der Waals surface area contributed by atoms with Gasteiger partial charge < -0.3 is 25.0 Å². The van der Waals surface area contributed by atoms with Gasteiger partial charge in [0.15, 0.2) is 23.2 Å². The molecule has 196 valence electrons. The number of carbonyl (C=O) groups excluding carboxylic acids is 1. The molecule has 2 aliphatic heterocycles. The zero-order valence-electron chi connectivity index (χ0n) is 19.6. The van der Waals surface area contributed by atoms with Crippen molar-refractivity contribution in [3.63, 3.8) is 0 Å². The molecule has 5 atom stereocenters. The van der Waals surface area contributed by atoms with E-state index < -0.39 is 54.1 Å². The first-order valence-electron chi connectivity index (χ1n) is 11.8. The second-order valence-electron chi connectivity index (χ2n) is 9.17. The number of carbonyl (C=O) groups is 1. The molecule has 0 aliphatic carbocycles. The summed E-state index contributed by atoms with van der Waals surface area (Å²) < 4.78 is 54.7. The van der Waals surface area contributed by atoms with E-state index in [4.69, 9.17) is 9.47 Å². The molecule has 2 fully saturated rings. The molecule has 1 unspecified atom stereocenters. The van der Waals surface area contributed by atoms with Gasteiger partial charge in [-0.25, -0.2) is 17.9 Å². The maximum Gasteiger partial charge on any atom is 0.222 e. The van der Waals surface area contributed by atoms with Gasteiger partial charge in [-0.3, -0.25) is 4.79 Å². The van der Waals surface area contributed by atoms with Gasteiger partial charge in [-0.1, -0.05) is 35.5 Å². The summed E-state index contributed by atoms with van der Waals surface area (Å²) in [6.45, 7) is -0.452. The van der Waals surface area contributed by atoms with Gasteiger partial charge in [0.2, 0.25) is 5.91 Å². The van der Waals surface area contributed by atoms with E-state index in [0.717, 1.165) is 17.7 Å². The molecule has 2 saturated heterocycles. The Hall–Kier alpha value is -3.32. The minimum absolute atomic E-state index is 0.0144. The maximum absolute atomic E-state index is 13.8. The predicted octanol–water partition coefficient (Wildman–Crippen LogP) is 2.24. The van der Waals surface area contributed by atoms with E-state index in [1.54, 1.807) is 0 Å². The van der Waals surface area contributed by atoms with Crippen molar-refractivity contribution in [2.45, 2.75) is 55.9 Å². The first-order valence-corrected chi connectivity index (χ1v) is 11.8. The molecule has 2 aromatic carbocycles. The molecule has 1 amide bonds. The van der Waals surface area contributed by atoms with Gasteiger partial charge in [-0.2, -0.15) is 0 Å². The quantitative estimate of drug-likeness (QED) is 0.429. The van der Waals surface area contributed by atoms with Gasteiger partial charge >= 0.3 is 0 Å². The van der Waals surface area contributed by atoms with Crippen molar-refractivity contribution in [1.82, 2.24) is 20.3 Å². The molecule has 3 aromatic rings. The van der Waals surface area contributed by atoms with Crippen LogP contribution < -0.4 is 5.32 Å². The minimum Gasteiger partial charge on any atom is -0.394 e.